The summed E-state index contributed by atoms with van der Waals surface area (Å²) in [5.74, 6) is 0.847. The molecule has 0 N–H and O–H groups in total. The maximum atomic E-state index is 11.3. The van der Waals surface area contributed by atoms with Gasteiger partial charge in [-0.2, -0.15) is 0 Å². The highest BCUT2D eigenvalue weighted by atomic mass is 16.5. The van der Waals surface area contributed by atoms with Crippen LogP contribution in [0, 0.1) is 5.92 Å². The first-order valence-electron chi connectivity index (χ1n) is 9.32. The number of hydrogen-bond acceptors (Lipinski definition) is 2. The molecule has 0 aromatic heterocycles. The van der Waals surface area contributed by atoms with Gasteiger partial charge in [-0.3, -0.25) is 4.79 Å². The molecule has 2 heteroatoms. The molecule has 0 atom stereocenters. The number of hydrogen-bond donors (Lipinski definition) is 0. The molecule has 21 heavy (non-hydrogen) atoms. The summed E-state index contributed by atoms with van der Waals surface area (Å²) in [7, 11) is 0. The Labute approximate surface area is 133 Å². The van der Waals surface area contributed by atoms with Crippen molar-refractivity contribution in [2.45, 2.75) is 104 Å². The topological polar surface area (TPSA) is 26.3 Å². The monoisotopic (exact) mass is 298 g/mol. The van der Waals surface area contributed by atoms with E-state index in [2.05, 4.69) is 20.8 Å². The zero-order chi connectivity index (χ0) is 15.8. The average molecular weight is 299 g/mol. The van der Waals surface area contributed by atoms with E-state index in [1.165, 1.54) is 57.8 Å². The van der Waals surface area contributed by atoms with Gasteiger partial charge in [-0.1, -0.05) is 85.0 Å². The standard InChI is InChI=1S/C19H38O2/c1-4-5-16-19(20)21-17-14-12-10-8-6-7-9-11-13-15-18(2)3/h18H,4-17H2,1-3H3. The third-order valence-electron chi connectivity index (χ3n) is 3.92. The lowest BCUT2D eigenvalue weighted by atomic mass is 10.0. The minimum atomic E-state index is -0.0155. The number of rotatable bonds is 15. The van der Waals surface area contributed by atoms with Crippen molar-refractivity contribution in [1.82, 2.24) is 0 Å². The van der Waals surface area contributed by atoms with Gasteiger partial charge < -0.3 is 4.74 Å². The van der Waals surface area contributed by atoms with Crippen molar-refractivity contribution in [2.75, 3.05) is 6.61 Å². The summed E-state index contributed by atoms with van der Waals surface area (Å²) in [6.07, 6.45) is 15.8. The van der Waals surface area contributed by atoms with Crippen LogP contribution in [0.3, 0.4) is 0 Å². The summed E-state index contributed by atoms with van der Waals surface area (Å²) in [5, 5.41) is 0. The van der Waals surface area contributed by atoms with Gasteiger partial charge in [0.25, 0.3) is 0 Å². The summed E-state index contributed by atoms with van der Waals surface area (Å²) in [6.45, 7) is 7.33. The molecular weight excluding hydrogens is 260 g/mol. The van der Waals surface area contributed by atoms with Crippen LogP contribution in [0.5, 0.6) is 0 Å². The van der Waals surface area contributed by atoms with Crippen LogP contribution in [0.1, 0.15) is 104 Å². The van der Waals surface area contributed by atoms with Crippen molar-refractivity contribution in [3.63, 3.8) is 0 Å². The predicted molar refractivity (Wildman–Crippen MR) is 91.5 cm³/mol. The highest BCUT2D eigenvalue weighted by Crippen LogP contribution is 2.13. The van der Waals surface area contributed by atoms with Crippen molar-refractivity contribution in [1.29, 1.82) is 0 Å². The highest BCUT2D eigenvalue weighted by Gasteiger charge is 2.01. The van der Waals surface area contributed by atoms with Gasteiger partial charge in [0, 0.05) is 6.42 Å². The first kappa shape index (κ1) is 20.5. The lowest BCUT2D eigenvalue weighted by Crippen LogP contribution is -2.05. The number of carbonyl (C=O) groups excluding carboxylic acids is 1. The molecule has 0 rings (SSSR count). The summed E-state index contributed by atoms with van der Waals surface area (Å²) >= 11 is 0. The van der Waals surface area contributed by atoms with E-state index in [1.54, 1.807) is 0 Å². The fraction of sp³-hybridized carbons (Fsp3) is 0.947. The van der Waals surface area contributed by atoms with Gasteiger partial charge in [-0.05, 0) is 18.8 Å². The normalized spacial score (nSPS) is 11.0. The van der Waals surface area contributed by atoms with Crippen LogP contribution in [-0.2, 0) is 9.53 Å². The molecule has 0 radical (unpaired) electrons. The molecule has 0 aliphatic rings. The highest BCUT2D eigenvalue weighted by molar-refractivity contribution is 5.69. The van der Waals surface area contributed by atoms with Crippen LogP contribution in [0.2, 0.25) is 0 Å². The molecule has 0 heterocycles. The zero-order valence-corrected chi connectivity index (χ0v) is 14.8. The summed E-state index contributed by atoms with van der Waals surface area (Å²) < 4.78 is 5.20. The van der Waals surface area contributed by atoms with Crippen molar-refractivity contribution in [3.05, 3.63) is 0 Å². The molecule has 2 nitrogen and oxygen atoms in total. The van der Waals surface area contributed by atoms with Crippen molar-refractivity contribution in [3.8, 4) is 0 Å². The molecule has 0 aromatic carbocycles. The molecule has 0 aromatic rings. The maximum absolute atomic E-state index is 11.3. The van der Waals surface area contributed by atoms with E-state index in [9.17, 15) is 4.79 Å². The Balaban J connectivity index is 3.07. The van der Waals surface area contributed by atoms with Crippen molar-refractivity contribution < 1.29 is 9.53 Å². The van der Waals surface area contributed by atoms with Gasteiger partial charge >= 0.3 is 5.97 Å². The number of carbonyl (C=O) groups is 1. The lowest BCUT2D eigenvalue weighted by Gasteiger charge is -2.05. The summed E-state index contributed by atoms with van der Waals surface area (Å²) in [6, 6.07) is 0. The molecular formula is C19H38O2. The number of esters is 1. The van der Waals surface area contributed by atoms with E-state index in [-0.39, 0.29) is 5.97 Å². The number of unbranched alkanes of at least 4 members (excludes halogenated alkanes) is 9. The van der Waals surface area contributed by atoms with E-state index < -0.39 is 0 Å². The van der Waals surface area contributed by atoms with Gasteiger partial charge in [0.15, 0.2) is 0 Å². The second-order valence-electron chi connectivity index (χ2n) is 6.69. The van der Waals surface area contributed by atoms with E-state index in [4.69, 9.17) is 4.74 Å². The molecule has 0 spiro atoms. The first-order chi connectivity index (χ1) is 10.2. The quantitative estimate of drug-likeness (QED) is 0.263. The Hall–Kier alpha value is -0.530. The Bertz CT molecular complexity index is 224. The van der Waals surface area contributed by atoms with Crippen LogP contribution < -0.4 is 0 Å². The van der Waals surface area contributed by atoms with Crippen molar-refractivity contribution >= 4 is 5.97 Å². The fourth-order valence-electron chi connectivity index (χ4n) is 2.47. The van der Waals surface area contributed by atoms with E-state index in [0.717, 1.165) is 25.2 Å². The minimum Gasteiger partial charge on any atom is -0.466 e. The second kappa shape index (κ2) is 15.9. The van der Waals surface area contributed by atoms with Gasteiger partial charge in [0.05, 0.1) is 6.61 Å². The molecule has 0 aliphatic carbocycles. The predicted octanol–water partition coefficient (Wildman–Crippen LogP) is 6.28. The van der Waals surface area contributed by atoms with Crippen LogP contribution in [0.25, 0.3) is 0 Å². The van der Waals surface area contributed by atoms with Gasteiger partial charge in [-0.15, -0.1) is 0 Å². The molecule has 0 amide bonds. The summed E-state index contributed by atoms with van der Waals surface area (Å²) in [5.41, 5.74) is 0. The van der Waals surface area contributed by atoms with Crippen molar-refractivity contribution in [2.24, 2.45) is 5.92 Å². The molecule has 126 valence electrons. The molecule has 0 unspecified atom stereocenters. The van der Waals surface area contributed by atoms with Crippen LogP contribution in [0.4, 0.5) is 0 Å². The first-order valence-corrected chi connectivity index (χ1v) is 9.32. The molecule has 0 fully saturated rings. The Morgan fingerprint density at radius 3 is 1.86 bits per heavy atom. The molecule has 0 aliphatic heterocycles. The largest absolute Gasteiger partial charge is 0.466 e. The Morgan fingerprint density at radius 2 is 1.33 bits per heavy atom. The maximum Gasteiger partial charge on any atom is 0.305 e. The third kappa shape index (κ3) is 17.4. The van der Waals surface area contributed by atoms with Gasteiger partial charge in [0.2, 0.25) is 0 Å². The molecule has 0 bridgehead atoms. The lowest BCUT2D eigenvalue weighted by molar-refractivity contribution is -0.143. The van der Waals surface area contributed by atoms with E-state index in [0.29, 0.717) is 13.0 Å². The van der Waals surface area contributed by atoms with E-state index >= 15 is 0 Å². The SMILES string of the molecule is CCCCC(=O)OCCCCCCCCCCCC(C)C. The van der Waals surface area contributed by atoms with Gasteiger partial charge in [-0.25, -0.2) is 0 Å². The number of ether oxygens (including phenoxy) is 1. The minimum absolute atomic E-state index is 0.0155. The van der Waals surface area contributed by atoms with E-state index in [1.807, 2.05) is 0 Å². The molecule has 0 saturated carbocycles. The average Bonchev–Trinajstić information content (AvgIpc) is 2.45. The third-order valence-corrected chi connectivity index (χ3v) is 3.92. The summed E-state index contributed by atoms with van der Waals surface area (Å²) in [4.78, 5) is 11.3. The van der Waals surface area contributed by atoms with Crippen LogP contribution in [0.15, 0.2) is 0 Å². The molecule has 0 saturated heterocycles. The Kier molecular flexibility index (Phi) is 15.5. The van der Waals surface area contributed by atoms with Crippen LogP contribution in [-0.4, -0.2) is 12.6 Å². The Morgan fingerprint density at radius 1 is 0.810 bits per heavy atom. The van der Waals surface area contributed by atoms with Crippen LogP contribution >= 0.6 is 0 Å². The fourth-order valence-corrected chi connectivity index (χ4v) is 2.47. The second-order valence-corrected chi connectivity index (χ2v) is 6.69. The zero-order valence-electron chi connectivity index (χ0n) is 14.8. The van der Waals surface area contributed by atoms with Gasteiger partial charge in [0.1, 0.15) is 0 Å². The smallest absolute Gasteiger partial charge is 0.305 e.